The molecule has 74 valence electrons. The Balaban J connectivity index is 2.44. The van der Waals surface area contributed by atoms with Crippen LogP contribution in [0.5, 0.6) is 0 Å². The van der Waals surface area contributed by atoms with Crippen molar-refractivity contribution in [1.82, 2.24) is 0 Å². The zero-order valence-electron chi connectivity index (χ0n) is 9.05. The van der Waals surface area contributed by atoms with Gasteiger partial charge >= 0.3 is 87.1 Å². The van der Waals surface area contributed by atoms with Crippen molar-refractivity contribution in [3.05, 3.63) is 20.3 Å². The van der Waals surface area contributed by atoms with Crippen LogP contribution in [0, 0.1) is 0 Å². The molecule has 1 heteroatoms. The number of rotatable bonds is 6. The van der Waals surface area contributed by atoms with Gasteiger partial charge < -0.3 is 0 Å². The van der Waals surface area contributed by atoms with E-state index < -0.39 is 18.4 Å². The standard InChI is InChI=1S/2C4H9.C4H4.Sn/c3*1-3-4-2;/h2*1,3-4H2,2H3;1-4H;. The Morgan fingerprint density at radius 3 is 1.69 bits per heavy atom. The van der Waals surface area contributed by atoms with E-state index in [1.165, 1.54) is 25.7 Å². The molecule has 13 heavy (non-hydrogen) atoms. The number of hydrogen-bond donors (Lipinski definition) is 0. The molecule has 0 saturated heterocycles. The molecule has 0 amide bonds. The summed E-state index contributed by atoms with van der Waals surface area (Å²) in [6.07, 6.45) is 10.3. The summed E-state index contributed by atoms with van der Waals surface area (Å²) in [5, 5.41) is 0. The third-order valence-corrected chi connectivity index (χ3v) is 15.2. The topological polar surface area (TPSA) is 0 Å². The molecule has 0 fully saturated rings. The number of allylic oxidation sites excluding steroid dienone is 2. The summed E-state index contributed by atoms with van der Waals surface area (Å²) < 4.78 is 8.33. The molecule has 0 aliphatic carbocycles. The predicted octanol–water partition coefficient (Wildman–Crippen LogP) is 4.24. The maximum absolute atomic E-state index is 2.61. The molecule has 0 N–H and O–H groups in total. The third kappa shape index (κ3) is 3.49. The van der Waals surface area contributed by atoms with Gasteiger partial charge in [-0.3, -0.25) is 0 Å². The fourth-order valence-electron chi connectivity index (χ4n) is 2.02. The van der Waals surface area contributed by atoms with Gasteiger partial charge in [0, 0.05) is 0 Å². The minimum atomic E-state index is -1.79. The van der Waals surface area contributed by atoms with Crippen molar-refractivity contribution in [1.29, 1.82) is 0 Å². The third-order valence-electron chi connectivity index (χ3n) is 2.96. The van der Waals surface area contributed by atoms with Crippen molar-refractivity contribution in [3.63, 3.8) is 0 Å². The molecule has 1 aliphatic rings. The van der Waals surface area contributed by atoms with E-state index in [4.69, 9.17) is 0 Å². The van der Waals surface area contributed by atoms with Crippen LogP contribution in [0.25, 0.3) is 0 Å². The average Bonchev–Trinajstić information content (AvgIpc) is 2.61. The van der Waals surface area contributed by atoms with Gasteiger partial charge in [0.25, 0.3) is 0 Å². The summed E-state index contributed by atoms with van der Waals surface area (Å²) in [6, 6.07) is 0. The Morgan fingerprint density at radius 1 is 0.846 bits per heavy atom. The first-order valence-corrected chi connectivity index (χ1v) is 13.0. The van der Waals surface area contributed by atoms with Crippen molar-refractivity contribution in [2.45, 2.75) is 48.4 Å². The molecule has 1 aliphatic heterocycles. The summed E-state index contributed by atoms with van der Waals surface area (Å²) in [5.41, 5.74) is 0. The van der Waals surface area contributed by atoms with Crippen molar-refractivity contribution < 1.29 is 0 Å². The molecule has 0 spiro atoms. The Bertz CT molecular complexity index is 169. The van der Waals surface area contributed by atoms with Gasteiger partial charge in [-0.25, -0.2) is 0 Å². The molecule has 0 radical (unpaired) electrons. The summed E-state index contributed by atoms with van der Waals surface area (Å²) in [5.74, 6) is 0. The van der Waals surface area contributed by atoms with E-state index in [0.29, 0.717) is 0 Å². The molecule has 0 nitrogen and oxygen atoms in total. The monoisotopic (exact) mass is 286 g/mol. The Hall–Kier alpha value is 0.279. The molecule has 1 rings (SSSR count). The van der Waals surface area contributed by atoms with Gasteiger partial charge in [-0.1, -0.05) is 0 Å². The second kappa shape index (κ2) is 5.89. The van der Waals surface area contributed by atoms with Gasteiger partial charge in [-0.15, -0.1) is 0 Å². The van der Waals surface area contributed by atoms with E-state index in [2.05, 4.69) is 34.2 Å². The average molecular weight is 285 g/mol. The number of unbranched alkanes of at least 4 members (excludes halogenated alkanes) is 2. The first-order valence-electron chi connectivity index (χ1n) is 5.70. The molecule has 1 heterocycles. The van der Waals surface area contributed by atoms with Gasteiger partial charge in [0.1, 0.15) is 0 Å². The fourth-order valence-corrected chi connectivity index (χ4v) is 13.6. The summed E-state index contributed by atoms with van der Waals surface area (Å²) in [4.78, 5) is 0. The Labute approximate surface area is 87.0 Å². The van der Waals surface area contributed by atoms with Crippen LogP contribution in [0.3, 0.4) is 0 Å². The zero-order chi connectivity index (χ0) is 9.57. The Kier molecular flexibility index (Phi) is 5.15. The van der Waals surface area contributed by atoms with E-state index in [1.807, 2.05) is 0 Å². The van der Waals surface area contributed by atoms with Gasteiger partial charge in [-0.05, 0) is 0 Å². The van der Waals surface area contributed by atoms with Crippen LogP contribution >= 0.6 is 0 Å². The maximum atomic E-state index is 2.61. The summed E-state index contributed by atoms with van der Waals surface area (Å²) in [7, 11) is 0. The van der Waals surface area contributed by atoms with Crippen molar-refractivity contribution >= 4 is 18.4 Å². The zero-order valence-corrected chi connectivity index (χ0v) is 11.9. The van der Waals surface area contributed by atoms with Crippen LogP contribution in [0.1, 0.15) is 39.5 Å². The first kappa shape index (κ1) is 11.4. The molecule has 0 bridgehead atoms. The molecule has 0 unspecified atom stereocenters. The molecule has 0 saturated carbocycles. The normalized spacial score (nSPS) is 18.3. The molecule has 0 aromatic carbocycles. The molecule has 0 aromatic heterocycles. The second-order valence-electron chi connectivity index (χ2n) is 4.16. The van der Waals surface area contributed by atoms with Crippen LogP contribution < -0.4 is 0 Å². The molecule has 0 atom stereocenters. The SMILES string of the molecule is CCC[CH2][Sn]1([CH2]CCC)[CH]=CC=[CH]1. The van der Waals surface area contributed by atoms with E-state index in [0.717, 1.165) is 0 Å². The first-order chi connectivity index (χ1) is 6.33. The quantitative estimate of drug-likeness (QED) is 0.640. The molecular weight excluding hydrogens is 263 g/mol. The van der Waals surface area contributed by atoms with Gasteiger partial charge in [0.2, 0.25) is 0 Å². The van der Waals surface area contributed by atoms with Crippen LogP contribution in [-0.2, 0) is 0 Å². The van der Waals surface area contributed by atoms with E-state index >= 15 is 0 Å². The fraction of sp³-hybridized carbons (Fsp3) is 0.667. The van der Waals surface area contributed by atoms with Gasteiger partial charge in [0.15, 0.2) is 0 Å². The van der Waals surface area contributed by atoms with Gasteiger partial charge in [-0.2, -0.15) is 0 Å². The van der Waals surface area contributed by atoms with E-state index in [-0.39, 0.29) is 0 Å². The van der Waals surface area contributed by atoms with Crippen molar-refractivity contribution in [3.8, 4) is 0 Å². The predicted molar refractivity (Wildman–Crippen MR) is 63.5 cm³/mol. The van der Waals surface area contributed by atoms with Crippen LogP contribution in [0.4, 0.5) is 0 Å². The minimum absolute atomic E-state index is 1.37. The summed E-state index contributed by atoms with van der Waals surface area (Å²) in [6.45, 7) is 4.61. The Morgan fingerprint density at radius 2 is 1.31 bits per heavy atom. The van der Waals surface area contributed by atoms with Crippen molar-refractivity contribution in [2.24, 2.45) is 0 Å². The summed E-state index contributed by atoms with van der Waals surface area (Å²) >= 11 is -1.79. The van der Waals surface area contributed by atoms with Crippen molar-refractivity contribution in [2.75, 3.05) is 0 Å². The van der Waals surface area contributed by atoms with Gasteiger partial charge in [0.05, 0.1) is 0 Å². The van der Waals surface area contributed by atoms with Crippen LogP contribution in [0.15, 0.2) is 20.3 Å². The second-order valence-corrected chi connectivity index (χ2v) is 16.0. The molecular formula is C12H22Sn. The van der Waals surface area contributed by atoms with E-state index in [9.17, 15) is 0 Å². The van der Waals surface area contributed by atoms with E-state index in [1.54, 1.807) is 8.87 Å². The van der Waals surface area contributed by atoms with Crippen LogP contribution in [0.2, 0.25) is 8.87 Å². The van der Waals surface area contributed by atoms with Crippen LogP contribution in [-0.4, -0.2) is 18.4 Å². The molecule has 0 aromatic rings. The number of hydrogen-bond acceptors (Lipinski definition) is 0.